The molecule has 0 unspecified atom stereocenters. The smallest absolute Gasteiger partial charge is 0.330 e. The number of hydrogen-bond donors (Lipinski definition) is 6. The van der Waals surface area contributed by atoms with Gasteiger partial charge in [0, 0.05) is 24.8 Å². The number of nitrogens with zero attached hydrogens (tertiary/aromatic N) is 3. The van der Waals surface area contributed by atoms with Crippen molar-refractivity contribution in [3.8, 4) is 0 Å². The molecule has 0 atom stereocenters. The molecule has 0 fully saturated rings. The summed E-state index contributed by atoms with van der Waals surface area (Å²) in [7, 11) is -2.87. The van der Waals surface area contributed by atoms with E-state index < -0.39 is 7.60 Å². The van der Waals surface area contributed by atoms with Crippen LogP contribution in [0, 0.1) is 0 Å². The van der Waals surface area contributed by atoms with Gasteiger partial charge < -0.3 is 41.0 Å². The molecule has 3 aromatic rings. The topological polar surface area (TPSA) is 190 Å². The van der Waals surface area contributed by atoms with Crippen LogP contribution in [0.3, 0.4) is 0 Å². The first-order valence-corrected chi connectivity index (χ1v) is 35.1. The largest absolute Gasteiger partial charge is 0.382 e. The lowest BCUT2D eigenvalue weighted by Gasteiger charge is -2.17. The molecule has 2 aromatic heterocycles. The first-order chi connectivity index (χ1) is 39.2. The van der Waals surface area contributed by atoms with E-state index in [0.29, 0.717) is 55.1 Å². The Morgan fingerprint density at radius 1 is 0.512 bits per heavy atom. The van der Waals surface area contributed by atoms with E-state index in [1.54, 1.807) is 12.1 Å². The molecule has 0 saturated carbocycles. The van der Waals surface area contributed by atoms with Crippen molar-refractivity contribution >= 4 is 36.4 Å². The van der Waals surface area contributed by atoms with Gasteiger partial charge in [-0.15, -0.1) is 0 Å². The minimum Gasteiger partial charge on any atom is -0.382 e. The summed E-state index contributed by atoms with van der Waals surface area (Å²) < 4.78 is 25.8. The maximum absolute atomic E-state index is 12.8. The fraction of sp³-hybridized carbons (Fsp3) is 0.815. The molecule has 0 bridgehead atoms. The summed E-state index contributed by atoms with van der Waals surface area (Å²) >= 11 is 0. The van der Waals surface area contributed by atoms with Crippen molar-refractivity contribution in [1.82, 2.24) is 35.5 Å². The Morgan fingerprint density at radius 2 is 0.938 bits per heavy atom. The number of aromatic nitrogens is 4. The molecule has 0 aliphatic carbocycles. The van der Waals surface area contributed by atoms with Crippen molar-refractivity contribution in [2.24, 2.45) is 0 Å². The van der Waals surface area contributed by atoms with Crippen LogP contribution in [-0.4, -0.2) is 84.1 Å². The second-order valence-corrected chi connectivity index (χ2v) is 25.0. The lowest BCUT2D eigenvalue weighted by atomic mass is 10.0. The van der Waals surface area contributed by atoms with Gasteiger partial charge in [-0.25, -0.2) is 4.79 Å². The van der Waals surface area contributed by atoms with Gasteiger partial charge in [-0.1, -0.05) is 246 Å². The highest BCUT2D eigenvalue weighted by Gasteiger charge is 2.21. The Kier molecular flexibility index (Phi) is 46.7. The maximum Gasteiger partial charge on any atom is 0.330 e. The number of nitrogens with two attached hydrogens (primary N) is 1. The first-order valence-electron chi connectivity index (χ1n) is 33.4. The quantitative estimate of drug-likeness (QED) is 0.0233. The lowest BCUT2D eigenvalue weighted by Crippen LogP contribution is -2.24. The monoisotopic (exact) mass is 1140 g/mol. The molecule has 0 radical (unpaired) electrons. The molecule has 462 valence electrons. The molecule has 0 aliphatic rings. The van der Waals surface area contributed by atoms with Crippen LogP contribution in [0.4, 0.5) is 11.8 Å². The number of carbonyl (C=O) groups is 1. The fourth-order valence-corrected chi connectivity index (χ4v) is 11.2. The Bertz CT molecular complexity index is 1960. The van der Waals surface area contributed by atoms with Crippen LogP contribution in [0.1, 0.15) is 295 Å². The fourth-order valence-electron chi connectivity index (χ4n) is 9.97. The van der Waals surface area contributed by atoms with E-state index in [0.717, 1.165) is 76.8 Å². The van der Waals surface area contributed by atoms with Crippen molar-refractivity contribution in [2.75, 3.05) is 69.7 Å². The van der Waals surface area contributed by atoms with Crippen LogP contribution in [-0.2, 0) is 20.2 Å². The molecule has 2 heterocycles. The van der Waals surface area contributed by atoms with Crippen LogP contribution >= 0.6 is 7.60 Å². The van der Waals surface area contributed by atoms with E-state index in [1.165, 1.54) is 210 Å². The minimum absolute atomic E-state index is 0.0786. The van der Waals surface area contributed by atoms with Crippen molar-refractivity contribution in [3.05, 3.63) is 45.9 Å². The number of aromatic amines is 1. The number of nitrogen functional groups attached to an aromatic ring is 1. The van der Waals surface area contributed by atoms with Crippen LogP contribution in [0.15, 0.2) is 29.1 Å². The Balaban J connectivity index is 0.000000550. The van der Waals surface area contributed by atoms with Gasteiger partial charge >= 0.3 is 13.3 Å². The number of rotatable bonds is 55. The van der Waals surface area contributed by atoms with E-state index in [-0.39, 0.29) is 17.4 Å². The summed E-state index contributed by atoms with van der Waals surface area (Å²) in [5.74, 6) is 0.559. The van der Waals surface area contributed by atoms with E-state index in [9.17, 15) is 14.2 Å². The lowest BCUT2D eigenvalue weighted by molar-refractivity contribution is 0.0952. The molecule has 15 heteroatoms. The van der Waals surface area contributed by atoms with Gasteiger partial charge in [0.15, 0.2) is 11.5 Å². The summed E-state index contributed by atoms with van der Waals surface area (Å²) in [6.45, 7) is 18.1. The number of amides is 1. The number of benzene rings is 1. The predicted molar refractivity (Wildman–Crippen MR) is 343 cm³/mol. The predicted octanol–water partition coefficient (Wildman–Crippen LogP) is 17.2. The first kappa shape index (κ1) is 72.8. The third kappa shape index (κ3) is 37.7. The molecule has 1 aromatic carbocycles. The molecular formula is C65H122N9O5P. The summed E-state index contributed by atoms with van der Waals surface area (Å²) in [5.41, 5.74) is 8.14. The molecule has 14 nitrogen and oxygen atoms in total. The number of anilines is 2. The van der Waals surface area contributed by atoms with Crippen molar-refractivity contribution in [3.63, 3.8) is 0 Å². The standard InChI is InChI=1S/C34H71O3P.C31H51N9O2/c1-4-7-9-11-13-15-17-19-21-23-25-27-29-31-33-36-38(35,6-3)37-34-32-30-28-26-24-22-20-18-16-14-12-10-8-5-2;1-3-5-21-36-30-38-27(32)26-28(39-30)40(31(42)37-26)23-24-13-15-25(16-14-24)29(41)35-22-11-9-7-6-8-10-18-34-20-12-19-33-17-4-2/h4-34H2,1-3H3;13-16,33-34H,3-12,17-23H2,1-2H3,(H,35,41)(H,37,42)(H3,32,36,38,39). The second kappa shape index (κ2) is 51.4. The Morgan fingerprint density at radius 3 is 1.40 bits per heavy atom. The number of H-pyrrole nitrogens is 1. The van der Waals surface area contributed by atoms with E-state index in [2.05, 4.69) is 63.9 Å². The number of nitrogens with one attached hydrogen (secondary N) is 5. The van der Waals surface area contributed by atoms with Gasteiger partial charge in [0.05, 0.1) is 19.8 Å². The average molecular weight is 1140 g/mol. The van der Waals surface area contributed by atoms with Crippen LogP contribution in [0.5, 0.6) is 0 Å². The molecule has 0 saturated heterocycles. The zero-order valence-electron chi connectivity index (χ0n) is 52.2. The van der Waals surface area contributed by atoms with Gasteiger partial charge in [0.2, 0.25) is 5.95 Å². The number of unbranched alkanes of at least 4 members (excludes halogenated alkanes) is 32. The molecule has 0 aliphatic heterocycles. The zero-order valence-corrected chi connectivity index (χ0v) is 53.1. The van der Waals surface area contributed by atoms with Crippen molar-refractivity contribution in [2.45, 2.75) is 285 Å². The highest BCUT2D eigenvalue weighted by atomic mass is 31.2. The molecule has 3 rings (SSSR count). The normalized spacial score (nSPS) is 11.6. The van der Waals surface area contributed by atoms with E-state index in [1.807, 2.05) is 19.1 Å². The average Bonchev–Trinajstić information content (AvgIpc) is 3.78. The van der Waals surface area contributed by atoms with E-state index >= 15 is 0 Å². The number of carbonyl (C=O) groups excluding carboxylic acids is 1. The molecule has 1 amide bonds. The van der Waals surface area contributed by atoms with Crippen LogP contribution in [0.25, 0.3) is 11.2 Å². The molecular weight excluding hydrogens is 1020 g/mol. The third-order valence-electron chi connectivity index (χ3n) is 15.2. The molecule has 0 spiro atoms. The summed E-state index contributed by atoms with van der Waals surface area (Å²) in [6, 6.07) is 7.31. The summed E-state index contributed by atoms with van der Waals surface area (Å²) in [4.78, 5) is 36.8. The van der Waals surface area contributed by atoms with Crippen LogP contribution in [0.2, 0.25) is 0 Å². The number of hydrogen-bond acceptors (Lipinski definition) is 11. The van der Waals surface area contributed by atoms with Gasteiger partial charge in [0.25, 0.3) is 5.91 Å². The van der Waals surface area contributed by atoms with Gasteiger partial charge in [0.1, 0.15) is 5.52 Å². The van der Waals surface area contributed by atoms with Crippen LogP contribution < -0.4 is 32.7 Å². The second-order valence-electron chi connectivity index (χ2n) is 22.6. The summed E-state index contributed by atoms with van der Waals surface area (Å²) in [5, 5.41) is 13.1. The van der Waals surface area contributed by atoms with E-state index in [4.69, 9.17) is 14.8 Å². The summed E-state index contributed by atoms with van der Waals surface area (Å²) in [6.07, 6.45) is 49.7. The Hall–Kier alpha value is -3.29. The number of fused-ring (bicyclic) bond motifs is 1. The highest BCUT2D eigenvalue weighted by molar-refractivity contribution is 7.53. The highest BCUT2D eigenvalue weighted by Crippen LogP contribution is 2.48. The third-order valence-corrected chi connectivity index (χ3v) is 17.1. The van der Waals surface area contributed by atoms with Crippen molar-refractivity contribution in [1.29, 1.82) is 0 Å². The molecule has 80 heavy (non-hydrogen) atoms. The van der Waals surface area contributed by atoms with Gasteiger partial charge in [-0.3, -0.25) is 13.9 Å². The number of imidazole rings is 1. The SMILES string of the molecule is CCCCCCCCCCCCCCCCOP(=O)(CC)OCCCCCCCCCCCCCCCC.CCCCNc1nc(N)c2[nH]c(=O)n(Cc3ccc(C(=O)NCCCCCCCCNCCCNCCC)cc3)c2n1. The Labute approximate surface area is 489 Å². The van der Waals surface area contributed by atoms with Gasteiger partial charge in [-0.05, 0) is 88.8 Å². The molecule has 7 N–H and O–H groups in total. The van der Waals surface area contributed by atoms with Crippen molar-refractivity contribution < 1.29 is 18.4 Å². The minimum atomic E-state index is -2.87. The maximum atomic E-state index is 12.8. The zero-order chi connectivity index (χ0) is 57.8. The van der Waals surface area contributed by atoms with Gasteiger partial charge in [-0.2, -0.15) is 9.97 Å².